The molecule has 0 atom stereocenters. The summed E-state index contributed by atoms with van der Waals surface area (Å²) in [5.74, 6) is 0.844. The molecule has 6 heteroatoms. The third-order valence-electron chi connectivity index (χ3n) is 3.88. The molecule has 2 rings (SSSR count). The zero-order valence-electron chi connectivity index (χ0n) is 14.7. The van der Waals surface area contributed by atoms with Crippen LogP contribution < -0.4 is 13.8 Å². The second-order valence-electron chi connectivity index (χ2n) is 5.32. The normalized spacial score (nSPS) is 11.0. The minimum Gasteiger partial charge on any atom is -0.493 e. The van der Waals surface area contributed by atoms with E-state index in [2.05, 4.69) is 6.58 Å². The smallest absolute Gasteiger partial charge is 0.264 e. The number of para-hydroxylation sites is 1. The van der Waals surface area contributed by atoms with Crippen LogP contribution >= 0.6 is 0 Å². The number of anilines is 1. The molecule has 0 bridgehead atoms. The van der Waals surface area contributed by atoms with Gasteiger partial charge in [0.2, 0.25) is 0 Å². The molecule has 2 aromatic rings. The molecule has 0 amide bonds. The molecule has 0 heterocycles. The molecular formula is C19H23NO4S. The van der Waals surface area contributed by atoms with Crippen molar-refractivity contribution < 1.29 is 17.9 Å². The Kier molecular flexibility index (Phi) is 6.09. The van der Waals surface area contributed by atoms with Gasteiger partial charge in [0, 0.05) is 6.07 Å². The van der Waals surface area contributed by atoms with Crippen LogP contribution in [0.1, 0.15) is 12.5 Å². The van der Waals surface area contributed by atoms with E-state index in [1.54, 1.807) is 18.2 Å². The summed E-state index contributed by atoms with van der Waals surface area (Å²) in [5, 5.41) is 0. The summed E-state index contributed by atoms with van der Waals surface area (Å²) in [4.78, 5) is 0.137. The van der Waals surface area contributed by atoms with Crippen molar-refractivity contribution in [3.63, 3.8) is 0 Å². The van der Waals surface area contributed by atoms with Crippen molar-refractivity contribution in [1.29, 1.82) is 0 Å². The van der Waals surface area contributed by atoms with Gasteiger partial charge >= 0.3 is 0 Å². The van der Waals surface area contributed by atoms with Crippen molar-refractivity contribution >= 4 is 15.7 Å². The Hall–Kier alpha value is -2.47. The Balaban J connectivity index is 2.59. The summed E-state index contributed by atoms with van der Waals surface area (Å²) in [7, 11) is -0.798. The Bertz CT molecular complexity index is 846. The van der Waals surface area contributed by atoms with E-state index in [1.165, 1.54) is 30.7 Å². The maximum absolute atomic E-state index is 13.2. The van der Waals surface area contributed by atoms with Crippen LogP contribution in [-0.2, 0) is 16.4 Å². The Labute approximate surface area is 149 Å². The summed E-state index contributed by atoms with van der Waals surface area (Å²) in [6.45, 7) is 5.87. The quantitative estimate of drug-likeness (QED) is 0.674. The maximum atomic E-state index is 13.2. The summed E-state index contributed by atoms with van der Waals surface area (Å²) in [6.07, 6.45) is 2.30. The molecule has 0 unspecified atom stereocenters. The van der Waals surface area contributed by atoms with E-state index in [-0.39, 0.29) is 11.4 Å². The number of nitrogens with zero attached hydrogens (tertiary/aromatic N) is 1. The highest BCUT2D eigenvalue weighted by Gasteiger charge is 2.26. The van der Waals surface area contributed by atoms with Crippen LogP contribution in [0, 0.1) is 0 Å². The van der Waals surface area contributed by atoms with E-state index in [0.717, 1.165) is 12.0 Å². The first-order valence-corrected chi connectivity index (χ1v) is 9.37. The third-order valence-corrected chi connectivity index (χ3v) is 5.65. The zero-order valence-corrected chi connectivity index (χ0v) is 15.5. The minimum atomic E-state index is -3.78. The van der Waals surface area contributed by atoms with Crippen LogP contribution in [0.4, 0.5) is 5.69 Å². The van der Waals surface area contributed by atoms with Gasteiger partial charge in [-0.1, -0.05) is 31.2 Å². The van der Waals surface area contributed by atoms with Crippen LogP contribution in [0.25, 0.3) is 0 Å². The Morgan fingerprint density at radius 1 is 1.08 bits per heavy atom. The predicted octanol–water partition coefficient (Wildman–Crippen LogP) is 3.65. The first-order chi connectivity index (χ1) is 12.0. The summed E-state index contributed by atoms with van der Waals surface area (Å²) >= 11 is 0. The molecule has 0 saturated carbocycles. The minimum absolute atomic E-state index is 0.137. The largest absolute Gasteiger partial charge is 0.493 e. The molecule has 0 fully saturated rings. The molecule has 0 aromatic heterocycles. The average Bonchev–Trinajstić information content (AvgIpc) is 2.65. The number of ether oxygens (including phenoxy) is 2. The summed E-state index contributed by atoms with van der Waals surface area (Å²) < 4.78 is 38.3. The molecule has 134 valence electrons. The van der Waals surface area contributed by atoms with E-state index < -0.39 is 10.0 Å². The van der Waals surface area contributed by atoms with Crippen LogP contribution in [0.2, 0.25) is 0 Å². The van der Waals surface area contributed by atoms with Gasteiger partial charge in [0.15, 0.2) is 11.5 Å². The van der Waals surface area contributed by atoms with Crippen LogP contribution in [0.15, 0.2) is 60.0 Å². The zero-order chi connectivity index (χ0) is 18.4. The Morgan fingerprint density at radius 2 is 1.76 bits per heavy atom. The second kappa shape index (κ2) is 8.07. The van der Waals surface area contributed by atoms with Gasteiger partial charge in [-0.3, -0.25) is 4.31 Å². The van der Waals surface area contributed by atoms with Crippen molar-refractivity contribution in [2.24, 2.45) is 0 Å². The molecule has 0 saturated heterocycles. The average molecular weight is 361 g/mol. The molecule has 0 radical (unpaired) electrons. The lowest BCUT2D eigenvalue weighted by Crippen LogP contribution is -2.32. The van der Waals surface area contributed by atoms with Gasteiger partial charge in [0.05, 0.1) is 31.3 Å². The van der Waals surface area contributed by atoms with Gasteiger partial charge in [-0.25, -0.2) is 8.42 Å². The number of methoxy groups -OCH3 is 2. The lowest BCUT2D eigenvalue weighted by atomic mass is 10.1. The van der Waals surface area contributed by atoms with Crippen molar-refractivity contribution in [3.05, 3.63) is 60.7 Å². The third kappa shape index (κ3) is 3.79. The molecule has 0 aliphatic carbocycles. The van der Waals surface area contributed by atoms with Crippen LogP contribution in [0.3, 0.4) is 0 Å². The van der Waals surface area contributed by atoms with E-state index in [4.69, 9.17) is 9.47 Å². The molecule has 0 aliphatic heterocycles. The van der Waals surface area contributed by atoms with Gasteiger partial charge in [-0.15, -0.1) is 6.58 Å². The number of benzene rings is 2. The standard InChI is InChI=1S/C19H23NO4S/c1-5-13-20(17-10-8-7-9-15(17)6-2)25(21,22)16-11-12-18(23-3)19(14-16)24-4/h5,7-12,14H,1,6,13H2,2-4H3. The monoisotopic (exact) mass is 361 g/mol. The number of rotatable bonds is 8. The number of sulfonamides is 1. The fourth-order valence-corrected chi connectivity index (χ4v) is 4.09. The fourth-order valence-electron chi connectivity index (χ4n) is 2.60. The second-order valence-corrected chi connectivity index (χ2v) is 7.19. The van der Waals surface area contributed by atoms with Crippen molar-refractivity contribution in [3.8, 4) is 11.5 Å². The number of hydrogen-bond acceptors (Lipinski definition) is 4. The highest BCUT2D eigenvalue weighted by molar-refractivity contribution is 7.92. The fraction of sp³-hybridized carbons (Fsp3) is 0.263. The lowest BCUT2D eigenvalue weighted by Gasteiger charge is -2.25. The molecule has 0 N–H and O–H groups in total. The van der Waals surface area contributed by atoms with Crippen molar-refractivity contribution in [2.45, 2.75) is 18.2 Å². The van der Waals surface area contributed by atoms with E-state index in [0.29, 0.717) is 17.2 Å². The van der Waals surface area contributed by atoms with Crippen LogP contribution in [0.5, 0.6) is 11.5 Å². The number of hydrogen-bond donors (Lipinski definition) is 0. The van der Waals surface area contributed by atoms with Gasteiger partial charge in [-0.05, 0) is 30.2 Å². The van der Waals surface area contributed by atoms with Crippen molar-refractivity contribution in [1.82, 2.24) is 0 Å². The van der Waals surface area contributed by atoms with Crippen LogP contribution in [-0.4, -0.2) is 29.2 Å². The van der Waals surface area contributed by atoms with Gasteiger partial charge in [0.25, 0.3) is 10.0 Å². The molecule has 0 spiro atoms. The predicted molar refractivity (Wildman–Crippen MR) is 100 cm³/mol. The molecule has 0 aliphatic rings. The Morgan fingerprint density at radius 3 is 2.36 bits per heavy atom. The topological polar surface area (TPSA) is 55.8 Å². The number of aryl methyl sites for hydroxylation is 1. The van der Waals surface area contributed by atoms with Gasteiger partial charge in [-0.2, -0.15) is 0 Å². The SMILES string of the molecule is C=CCN(c1ccccc1CC)S(=O)(=O)c1ccc(OC)c(OC)c1. The lowest BCUT2D eigenvalue weighted by molar-refractivity contribution is 0.354. The first kappa shape index (κ1) is 18.9. The molecule has 2 aromatic carbocycles. The van der Waals surface area contributed by atoms with Gasteiger partial charge < -0.3 is 9.47 Å². The van der Waals surface area contributed by atoms with Crippen molar-refractivity contribution in [2.75, 3.05) is 25.1 Å². The molecule has 25 heavy (non-hydrogen) atoms. The summed E-state index contributed by atoms with van der Waals surface area (Å²) in [5.41, 5.74) is 1.60. The highest BCUT2D eigenvalue weighted by Crippen LogP contribution is 2.33. The van der Waals surface area contributed by atoms with Gasteiger partial charge in [0.1, 0.15) is 0 Å². The molecule has 5 nitrogen and oxygen atoms in total. The maximum Gasteiger partial charge on any atom is 0.264 e. The summed E-state index contributed by atoms with van der Waals surface area (Å²) in [6, 6.07) is 12.0. The highest BCUT2D eigenvalue weighted by atomic mass is 32.2. The van der Waals surface area contributed by atoms with E-state index in [9.17, 15) is 8.42 Å². The first-order valence-electron chi connectivity index (χ1n) is 7.93. The molecular weight excluding hydrogens is 338 g/mol. The van der Waals surface area contributed by atoms with E-state index >= 15 is 0 Å². The van der Waals surface area contributed by atoms with E-state index in [1.807, 2.05) is 25.1 Å².